The van der Waals surface area contributed by atoms with Gasteiger partial charge in [0.25, 0.3) is 0 Å². The number of carbonyl (C=O) groups excluding carboxylic acids is 1. The Balaban J connectivity index is 2.70. The lowest BCUT2D eigenvalue weighted by molar-refractivity contribution is -0.144. The second kappa shape index (κ2) is 7.04. The van der Waals surface area contributed by atoms with Gasteiger partial charge in [0.1, 0.15) is 12.6 Å². The molecule has 0 aliphatic rings. The molecule has 1 atom stereocenters. The van der Waals surface area contributed by atoms with Gasteiger partial charge in [-0.05, 0) is 12.1 Å². The van der Waals surface area contributed by atoms with Crippen molar-refractivity contribution in [2.75, 3.05) is 13.7 Å². The first-order valence-electron chi connectivity index (χ1n) is 5.86. The number of benzene rings is 1. The lowest BCUT2D eigenvalue weighted by atomic mass is 10.2. The first kappa shape index (κ1) is 15.4. The van der Waals surface area contributed by atoms with E-state index in [2.05, 4.69) is 10.1 Å². The van der Waals surface area contributed by atoms with Gasteiger partial charge in [0.15, 0.2) is 11.6 Å². The molecule has 0 aliphatic carbocycles. The standard InChI is InChI=1S/C13H17F2NO3/c1-8(2)16-10(13(17)18-3)7-19-11-6-4-5-9(14)12(11)15/h4-6,8,10,16H,7H2,1-3H3. The summed E-state index contributed by atoms with van der Waals surface area (Å²) in [5.41, 5.74) is 0. The van der Waals surface area contributed by atoms with E-state index < -0.39 is 23.6 Å². The van der Waals surface area contributed by atoms with Gasteiger partial charge in [0.2, 0.25) is 5.82 Å². The number of halogens is 2. The monoisotopic (exact) mass is 273 g/mol. The minimum atomic E-state index is -1.07. The van der Waals surface area contributed by atoms with Crippen molar-refractivity contribution in [1.82, 2.24) is 5.32 Å². The van der Waals surface area contributed by atoms with Gasteiger partial charge >= 0.3 is 5.97 Å². The van der Waals surface area contributed by atoms with Crippen LogP contribution in [-0.2, 0) is 9.53 Å². The van der Waals surface area contributed by atoms with E-state index in [0.717, 1.165) is 6.07 Å². The molecule has 1 unspecified atom stereocenters. The molecular formula is C13H17F2NO3. The highest BCUT2D eigenvalue weighted by molar-refractivity contribution is 5.75. The van der Waals surface area contributed by atoms with E-state index in [0.29, 0.717) is 0 Å². The van der Waals surface area contributed by atoms with Gasteiger partial charge in [-0.2, -0.15) is 4.39 Å². The molecule has 1 aromatic rings. The number of hydrogen-bond donors (Lipinski definition) is 1. The Hall–Kier alpha value is -1.69. The third-order valence-corrected chi connectivity index (χ3v) is 2.34. The zero-order valence-corrected chi connectivity index (χ0v) is 11.1. The Bertz CT molecular complexity index is 438. The molecule has 0 spiro atoms. The molecule has 0 aliphatic heterocycles. The normalized spacial score (nSPS) is 12.3. The Kier molecular flexibility index (Phi) is 5.69. The molecule has 0 saturated carbocycles. The van der Waals surface area contributed by atoms with E-state index in [-0.39, 0.29) is 18.4 Å². The number of hydrogen-bond acceptors (Lipinski definition) is 4. The average molecular weight is 273 g/mol. The van der Waals surface area contributed by atoms with Crippen LogP contribution in [0.15, 0.2) is 18.2 Å². The molecular weight excluding hydrogens is 256 g/mol. The van der Waals surface area contributed by atoms with Gasteiger partial charge in [0, 0.05) is 6.04 Å². The molecule has 1 rings (SSSR count). The third-order valence-electron chi connectivity index (χ3n) is 2.34. The molecule has 0 amide bonds. The number of rotatable bonds is 6. The van der Waals surface area contributed by atoms with E-state index in [1.54, 1.807) is 0 Å². The summed E-state index contributed by atoms with van der Waals surface area (Å²) in [6.45, 7) is 3.54. The lowest BCUT2D eigenvalue weighted by Crippen LogP contribution is -2.45. The minimum Gasteiger partial charge on any atom is -0.488 e. The van der Waals surface area contributed by atoms with Gasteiger partial charge in [-0.1, -0.05) is 19.9 Å². The first-order valence-corrected chi connectivity index (χ1v) is 5.86. The molecule has 1 N–H and O–H groups in total. The van der Waals surface area contributed by atoms with Crippen molar-refractivity contribution in [2.45, 2.75) is 25.9 Å². The number of nitrogens with one attached hydrogen (secondary N) is 1. The fraction of sp³-hybridized carbons (Fsp3) is 0.462. The van der Waals surface area contributed by atoms with E-state index in [1.807, 2.05) is 13.8 Å². The molecule has 106 valence electrons. The minimum absolute atomic E-state index is 0.0186. The predicted octanol–water partition coefficient (Wildman–Crippen LogP) is 1.88. The van der Waals surface area contributed by atoms with Gasteiger partial charge in [-0.15, -0.1) is 0 Å². The maximum absolute atomic E-state index is 13.4. The van der Waals surface area contributed by atoms with Crippen LogP contribution in [0.3, 0.4) is 0 Å². The lowest BCUT2D eigenvalue weighted by Gasteiger charge is -2.19. The second-order valence-electron chi connectivity index (χ2n) is 4.26. The van der Waals surface area contributed by atoms with Crippen LogP contribution in [0.1, 0.15) is 13.8 Å². The molecule has 19 heavy (non-hydrogen) atoms. The maximum Gasteiger partial charge on any atom is 0.326 e. The Morgan fingerprint density at radius 3 is 2.63 bits per heavy atom. The zero-order valence-electron chi connectivity index (χ0n) is 11.1. The Labute approximate surface area is 110 Å². The Morgan fingerprint density at radius 2 is 2.05 bits per heavy atom. The Morgan fingerprint density at radius 1 is 1.37 bits per heavy atom. The third kappa shape index (κ3) is 4.48. The zero-order chi connectivity index (χ0) is 14.4. The maximum atomic E-state index is 13.4. The van der Waals surface area contributed by atoms with Crippen molar-refractivity contribution in [3.05, 3.63) is 29.8 Å². The average Bonchev–Trinajstić information content (AvgIpc) is 2.37. The summed E-state index contributed by atoms with van der Waals surface area (Å²) in [4.78, 5) is 11.5. The van der Waals surface area contributed by atoms with Gasteiger partial charge < -0.3 is 9.47 Å². The molecule has 0 radical (unpaired) electrons. The number of carbonyl (C=O) groups is 1. The topological polar surface area (TPSA) is 47.6 Å². The quantitative estimate of drug-likeness (QED) is 0.804. The van der Waals surface area contributed by atoms with Crippen LogP contribution >= 0.6 is 0 Å². The van der Waals surface area contributed by atoms with Crippen LogP contribution in [0, 0.1) is 11.6 Å². The van der Waals surface area contributed by atoms with Crippen LogP contribution in [0.25, 0.3) is 0 Å². The van der Waals surface area contributed by atoms with Crippen molar-refractivity contribution in [1.29, 1.82) is 0 Å². The fourth-order valence-corrected chi connectivity index (χ4v) is 1.50. The van der Waals surface area contributed by atoms with Crippen molar-refractivity contribution in [3.8, 4) is 5.75 Å². The molecule has 0 fully saturated rings. The van der Waals surface area contributed by atoms with Crippen molar-refractivity contribution in [3.63, 3.8) is 0 Å². The second-order valence-corrected chi connectivity index (χ2v) is 4.26. The number of esters is 1. The van der Waals surface area contributed by atoms with E-state index in [9.17, 15) is 13.6 Å². The smallest absolute Gasteiger partial charge is 0.326 e. The highest BCUT2D eigenvalue weighted by Crippen LogP contribution is 2.19. The van der Waals surface area contributed by atoms with Crippen molar-refractivity contribution >= 4 is 5.97 Å². The van der Waals surface area contributed by atoms with Crippen LogP contribution in [0.5, 0.6) is 5.75 Å². The molecule has 6 heteroatoms. The predicted molar refractivity (Wildman–Crippen MR) is 65.9 cm³/mol. The summed E-state index contributed by atoms with van der Waals surface area (Å²) in [7, 11) is 1.25. The van der Waals surface area contributed by atoms with Gasteiger partial charge in [0.05, 0.1) is 7.11 Å². The fourth-order valence-electron chi connectivity index (χ4n) is 1.50. The first-order chi connectivity index (χ1) is 8.95. The van der Waals surface area contributed by atoms with Gasteiger partial charge in [-0.25, -0.2) is 4.39 Å². The highest BCUT2D eigenvalue weighted by Gasteiger charge is 2.21. The highest BCUT2D eigenvalue weighted by atomic mass is 19.2. The van der Waals surface area contributed by atoms with Crippen LogP contribution in [0.2, 0.25) is 0 Å². The molecule has 1 aromatic carbocycles. The van der Waals surface area contributed by atoms with Crippen LogP contribution in [0.4, 0.5) is 8.78 Å². The molecule has 4 nitrogen and oxygen atoms in total. The van der Waals surface area contributed by atoms with Gasteiger partial charge in [-0.3, -0.25) is 10.1 Å². The summed E-state index contributed by atoms with van der Waals surface area (Å²) in [5.74, 6) is -2.83. The molecule has 0 heterocycles. The number of methoxy groups -OCH3 is 1. The van der Waals surface area contributed by atoms with Crippen LogP contribution < -0.4 is 10.1 Å². The molecule has 0 bridgehead atoms. The summed E-state index contributed by atoms with van der Waals surface area (Å²) in [5, 5.41) is 2.92. The van der Waals surface area contributed by atoms with Crippen molar-refractivity contribution < 1.29 is 23.0 Å². The SMILES string of the molecule is COC(=O)C(COc1cccc(F)c1F)NC(C)C. The molecule has 0 aromatic heterocycles. The summed E-state index contributed by atoms with van der Waals surface area (Å²) >= 11 is 0. The van der Waals surface area contributed by atoms with E-state index in [4.69, 9.17) is 4.74 Å². The summed E-state index contributed by atoms with van der Waals surface area (Å²) in [6, 6.07) is 2.89. The summed E-state index contributed by atoms with van der Waals surface area (Å²) in [6.07, 6.45) is 0. The van der Waals surface area contributed by atoms with Crippen LogP contribution in [-0.4, -0.2) is 31.8 Å². The van der Waals surface area contributed by atoms with Crippen molar-refractivity contribution in [2.24, 2.45) is 0 Å². The van der Waals surface area contributed by atoms with E-state index >= 15 is 0 Å². The summed E-state index contributed by atoms with van der Waals surface area (Å²) < 4.78 is 36.1. The van der Waals surface area contributed by atoms with E-state index in [1.165, 1.54) is 19.2 Å². The molecule has 0 saturated heterocycles. The number of ether oxygens (including phenoxy) is 2. The largest absolute Gasteiger partial charge is 0.488 e.